The fourth-order valence-electron chi connectivity index (χ4n) is 2.03. The van der Waals surface area contributed by atoms with Crippen LogP contribution in [-0.2, 0) is 23.0 Å². The van der Waals surface area contributed by atoms with Crippen LogP contribution in [0, 0.1) is 12.3 Å². The maximum atomic E-state index is 12.7. The van der Waals surface area contributed by atoms with Crippen LogP contribution in [-0.4, -0.2) is 25.8 Å². The standard InChI is InChI=1S/C15H22N2O2S/c1-4-9-17(10-5-2)20(18,19)15-11-13(12-16)7-8-14(15)6-3/h1,7-8,11H,5-6,9-10,12,16H2,2-3H3. The second kappa shape index (κ2) is 7.44. The van der Waals surface area contributed by atoms with Crippen LogP contribution in [0.1, 0.15) is 31.4 Å². The number of hydrogen-bond donors (Lipinski definition) is 1. The number of hydrogen-bond acceptors (Lipinski definition) is 3. The molecule has 20 heavy (non-hydrogen) atoms. The number of terminal acetylenes is 1. The number of benzene rings is 1. The molecule has 2 N–H and O–H groups in total. The van der Waals surface area contributed by atoms with E-state index in [2.05, 4.69) is 5.92 Å². The molecule has 0 aliphatic rings. The van der Waals surface area contributed by atoms with Gasteiger partial charge in [0.05, 0.1) is 11.4 Å². The fourth-order valence-corrected chi connectivity index (χ4v) is 3.82. The van der Waals surface area contributed by atoms with E-state index < -0.39 is 10.0 Å². The number of aryl methyl sites for hydroxylation is 1. The van der Waals surface area contributed by atoms with Crippen molar-refractivity contribution in [2.24, 2.45) is 5.73 Å². The Kier molecular flexibility index (Phi) is 6.21. The van der Waals surface area contributed by atoms with E-state index in [1.165, 1.54) is 4.31 Å². The van der Waals surface area contributed by atoms with Gasteiger partial charge in [-0.2, -0.15) is 4.31 Å². The maximum absolute atomic E-state index is 12.7. The molecule has 5 heteroatoms. The highest BCUT2D eigenvalue weighted by Gasteiger charge is 2.25. The Morgan fingerprint density at radius 3 is 2.55 bits per heavy atom. The van der Waals surface area contributed by atoms with Gasteiger partial charge in [0.2, 0.25) is 10.0 Å². The summed E-state index contributed by atoms with van der Waals surface area (Å²) in [6, 6.07) is 5.35. The van der Waals surface area contributed by atoms with Crippen LogP contribution in [0.5, 0.6) is 0 Å². The summed E-state index contributed by atoms with van der Waals surface area (Å²) in [5.41, 5.74) is 7.20. The van der Waals surface area contributed by atoms with Crippen molar-refractivity contribution in [1.82, 2.24) is 4.31 Å². The highest BCUT2D eigenvalue weighted by molar-refractivity contribution is 7.89. The van der Waals surface area contributed by atoms with Gasteiger partial charge in [0.25, 0.3) is 0 Å². The Morgan fingerprint density at radius 1 is 1.35 bits per heavy atom. The van der Waals surface area contributed by atoms with Crippen LogP contribution in [0.15, 0.2) is 23.1 Å². The van der Waals surface area contributed by atoms with Gasteiger partial charge >= 0.3 is 0 Å². The third-order valence-electron chi connectivity index (χ3n) is 3.11. The molecule has 1 rings (SSSR count). The normalized spacial score (nSPS) is 11.6. The lowest BCUT2D eigenvalue weighted by atomic mass is 10.1. The minimum Gasteiger partial charge on any atom is -0.326 e. The van der Waals surface area contributed by atoms with Gasteiger partial charge in [0.1, 0.15) is 0 Å². The molecular formula is C15H22N2O2S. The second-order valence-corrected chi connectivity index (χ2v) is 6.45. The molecule has 0 heterocycles. The first-order valence-electron chi connectivity index (χ1n) is 6.76. The molecule has 0 aliphatic heterocycles. The van der Waals surface area contributed by atoms with Crippen molar-refractivity contribution >= 4 is 10.0 Å². The van der Waals surface area contributed by atoms with E-state index in [0.717, 1.165) is 17.5 Å². The summed E-state index contributed by atoms with van der Waals surface area (Å²) in [6.45, 7) is 4.68. The maximum Gasteiger partial charge on any atom is 0.244 e. The van der Waals surface area contributed by atoms with E-state index in [1.807, 2.05) is 26.0 Å². The number of nitrogens with zero attached hydrogens (tertiary/aromatic N) is 1. The van der Waals surface area contributed by atoms with Gasteiger partial charge in [-0.25, -0.2) is 8.42 Å². The van der Waals surface area contributed by atoms with Crippen LogP contribution in [0.25, 0.3) is 0 Å². The van der Waals surface area contributed by atoms with Gasteiger partial charge in [0, 0.05) is 13.1 Å². The number of nitrogens with two attached hydrogens (primary N) is 1. The van der Waals surface area contributed by atoms with Crippen LogP contribution < -0.4 is 5.73 Å². The number of rotatable bonds is 7. The first kappa shape index (κ1) is 16.7. The first-order chi connectivity index (χ1) is 9.51. The predicted octanol–water partition coefficient (Wildman–Crippen LogP) is 1.74. The topological polar surface area (TPSA) is 63.4 Å². The van der Waals surface area contributed by atoms with Gasteiger partial charge in [-0.3, -0.25) is 0 Å². The molecule has 0 spiro atoms. The fraction of sp³-hybridized carbons (Fsp3) is 0.467. The third-order valence-corrected chi connectivity index (χ3v) is 5.03. The smallest absolute Gasteiger partial charge is 0.244 e. The SMILES string of the molecule is C#CCN(CCC)S(=O)(=O)c1cc(CN)ccc1CC. The van der Waals surface area contributed by atoms with E-state index in [0.29, 0.717) is 24.4 Å². The number of sulfonamides is 1. The molecule has 1 aromatic carbocycles. The zero-order valence-corrected chi connectivity index (χ0v) is 12.9. The van der Waals surface area contributed by atoms with Gasteiger partial charge in [-0.05, 0) is 30.0 Å². The molecule has 0 bridgehead atoms. The lowest BCUT2D eigenvalue weighted by Crippen LogP contribution is -2.33. The van der Waals surface area contributed by atoms with Crippen molar-refractivity contribution in [2.45, 2.75) is 38.1 Å². The van der Waals surface area contributed by atoms with Gasteiger partial charge in [-0.15, -0.1) is 6.42 Å². The van der Waals surface area contributed by atoms with Crippen molar-refractivity contribution in [3.8, 4) is 12.3 Å². The average molecular weight is 294 g/mol. The largest absolute Gasteiger partial charge is 0.326 e. The average Bonchev–Trinajstić information content (AvgIpc) is 2.46. The summed E-state index contributed by atoms with van der Waals surface area (Å²) < 4.78 is 26.8. The molecule has 0 unspecified atom stereocenters. The van der Waals surface area contributed by atoms with Crippen molar-refractivity contribution in [3.63, 3.8) is 0 Å². The van der Waals surface area contributed by atoms with Crippen LogP contribution in [0.4, 0.5) is 0 Å². The van der Waals surface area contributed by atoms with E-state index in [-0.39, 0.29) is 6.54 Å². The van der Waals surface area contributed by atoms with Crippen molar-refractivity contribution < 1.29 is 8.42 Å². The Morgan fingerprint density at radius 2 is 2.05 bits per heavy atom. The van der Waals surface area contributed by atoms with E-state index >= 15 is 0 Å². The van der Waals surface area contributed by atoms with E-state index in [9.17, 15) is 8.42 Å². The lowest BCUT2D eigenvalue weighted by Gasteiger charge is -2.21. The van der Waals surface area contributed by atoms with Crippen molar-refractivity contribution in [3.05, 3.63) is 29.3 Å². The van der Waals surface area contributed by atoms with Gasteiger partial charge < -0.3 is 5.73 Å². The van der Waals surface area contributed by atoms with Crippen molar-refractivity contribution in [2.75, 3.05) is 13.1 Å². The molecule has 0 saturated carbocycles. The molecule has 110 valence electrons. The molecule has 1 aromatic rings. The molecule has 4 nitrogen and oxygen atoms in total. The summed E-state index contributed by atoms with van der Waals surface area (Å²) in [4.78, 5) is 0.326. The monoisotopic (exact) mass is 294 g/mol. The summed E-state index contributed by atoms with van der Waals surface area (Å²) in [5.74, 6) is 2.42. The van der Waals surface area contributed by atoms with Crippen LogP contribution in [0.2, 0.25) is 0 Å². The minimum absolute atomic E-state index is 0.0895. The zero-order valence-electron chi connectivity index (χ0n) is 12.1. The summed E-state index contributed by atoms with van der Waals surface area (Å²) in [6.07, 6.45) is 6.65. The zero-order chi connectivity index (χ0) is 15.2. The molecule has 0 atom stereocenters. The third kappa shape index (κ3) is 3.60. The second-order valence-electron chi connectivity index (χ2n) is 4.54. The molecule has 0 fully saturated rings. The molecule has 0 saturated heterocycles. The summed E-state index contributed by atoms with van der Waals surface area (Å²) in [7, 11) is -3.57. The van der Waals surface area contributed by atoms with Gasteiger partial charge in [0.15, 0.2) is 0 Å². The highest BCUT2D eigenvalue weighted by Crippen LogP contribution is 2.22. The molecule has 0 aliphatic carbocycles. The Labute approximate surface area is 122 Å². The summed E-state index contributed by atoms with van der Waals surface area (Å²) in [5, 5.41) is 0. The van der Waals surface area contributed by atoms with Gasteiger partial charge in [-0.1, -0.05) is 31.9 Å². The van der Waals surface area contributed by atoms with Crippen LogP contribution in [0.3, 0.4) is 0 Å². The Bertz CT molecular complexity index is 588. The molecule has 0 aromatic heterocycles. The van der Waals surface area contributed by atoms with E-state index in [4.69, 9.17) is 12.2 Å². The summed E-state index contributed by atoms with van der Waals surface area (Å²) >= 11 is 0. The quantitative estimate of drug-likeness (QED) is 0.779. The predicted molar refractivity (Wildman–Crippen MR) is 81.6 cm³/mol. The lowest BCUT2D eigenvalue weighted by molar-refractivity contribution is 0.445. The first-order valence-corrected chi connectivity index (χ1v) is 8.20. The highest BCUT2D eigenvalue weighted by atomic mass is 32.2. The Hall–Kier alpha value is -1.35. The van der Waals surface area contributed by atoms with E-state index in [1.54, 1.807) is 6.07 Å². The van der Waals surface area contributed by atoms with Crippen molar-refractivity contribution in [1.29, 1.82) is 0 Å². The Balaban J connectivity index is 3.35. The minimum atomic E-state index is -3.57. The molecule has 0 amide bonds. The van der Waals surface area contributed by atoms with Crippen LogP contribution >= 0.6 is 0 Å². The molecule has 0 radical (unpaired) electrons. The molecular weight excluding hydrogens is 272 g/mol.